The number of Topliss-reactive ketones (excluding diaryl/α,β-unsaturated/α-hetero) is 5. The highest BCUT2D eigenvalue weighted by atomic mass is 35.6. The third-order valence-electron chi connectivity index (χ3n) is 18.4. The number of aromatic nitrogens is 9. The first-order valence-electron chi connectivity index (χ1n) is 35.4. The Kier molecular flexibility index (Phi) is 28.6. The summed E-state index contributed by atoms with van der Waals surface area (Å²) in [5.41, 5.74) is 1.84. The number of H-pyrrole nitrogens is 5. The number of hydrogen-bond donors (Lipinski definition) is 5. The molecule has 120 heavy (non-hydrogen) atoms. The Morgan fingerprint density at radius 1 is 0.483 bits per heavy atom. The molecule has 36 heteroatoms. The molecular weight excluding hydrogens is 1650 g/mol. The number of nitrogens with one attached hydrogen (secondary N) is 5. The van der Waals surface area contributed by atoms with Gasteiger partial charge in [-0.3, -0.25) is 43.2 Å². The topological polar surface area (TPSA) is 298 Å². The molecule has 14 aromatic rings. The number of nitrogens with zero attached hydrogens (tertiary/aromatic N) is 6. The molecule has 23 nitrogen and oxygen atoms in total. The molecule has 14 rings (SSSR count). The normalized spacial score (nSPS) is 11.3. The molecule has 5 aromatic carbocycles. The van der Waals surface area contributed by atoms with Crippen molar-refractivity contribution in [3.05, 3.63) is 328 Å². The summed E-state index contributed by atoms with van der Waals surface area (Å²) < 4.78 is 153. The lowest BCUT2D eigenvalue weighted by atomic mass is 9.96. The molecule has 5 N–H and O–H groups in total. The summed E-state index contributed by atoms with van der Waals surface area (Å²) in [6, 6.07) is 26.1. The molecule has 1 amide bonds. The number of aryl methyl sites for hydroxylation is 3. The molecule has 0 saturated carbocycles. The van der Waals surface area contributed by atoms with Gasteiger partial charge in [0.25, 0.3) is 26.4 Å². The van der Waals surface area contributed by atoms with E-state index in [9.17, 15) is 87.1 Å². The number of aromatic amines is 5. The number of ketones is 5. The third kappa shape index (κ3) is 20.1. The van der Waals surface area contributed by atoms with Crippen LogP contribution in [0.3, 0.4) is 0 Å². The van der Waals surface area contributed by atoms with E-state index in [1.807, 2.05) is 0 Å². The number of allylic oxidation sites excluding steroid dienone is 1. The zero-order chi connectivity index (χ0) is 87.5. The molecule has 0 spiro atoms. The van der Waals surface area contributed by atoms with Crippen molar-refractivity contribution in [3.63, 3.8) is 0 Å². The maximum absolute atomic E-state index is 14.3. The molecule has 0 aliphatic rings. The largest absolute Gasteiger partial charge is 0.383 e. The standard InChI is InChI=1S/C19H17F2N3O2.C18H20F2N2O4.C17H11F2N3O2.C16H12F2N2O2.C14H8Cl3F2NO2/c1-23(2)10-14(11-5-4-6-15(20)16(11)21)18(25)13-9-22-17-12(13)7-8-24(3)19(17)26;1-22(10-16(25-2)26-3)18(24)14-7-12(9-21-14)15(23)8-11-5-4-6-13(19)17(11)20;1-22-6-5-10-11(7-20-15(10)17(22)23)16-12(8-21-24-16)9-3-2-4-13(18)14(9)19;1-20-6-5-10-11(8-19-15(10)16(20)22)13(21)7-9-3-2-4-12(17)14(9)18;15-14(16,17)13(22)10-4-8(6-20-10)11(21)5-7-2-1-3-9(18)12(7)19/h4-10,22H,1-3H3;4-7,9,16,21H,8,10H2,1-3H3;2-8,20H,1H3;2-6,8,19H,7H2,1H3;1-4,6,20H,5H2/b14-10-;;;;. The van der Waals surface area contributed by atoms with Crippen molar-refractivity contribution >= 4 is 108 Å². The Labute approximate surface area is 687 Å². The summed E-state index contributed by atoms with van der Waals surface area (Å²) in [4.78, 5) is 127. The van der Waals surface area contributed by atoms with E-state index in [0.29, 0.717) is 38.3 Å². The smallest absolute Gasteiger partial charge is 0.274 e. The summed E-state index contributed by atoms with van der Waals surface area (Å²) >= 11 is 16.4. The van der Waals surface area contributed by atoms with E-state index in [1.54, 1.807) is 90.2 Å². The highest BCUT2D eigenvalue weighted by Crippen LogP contribution is 2.38. The van der Waals surface area contributed by atoms with Gasteiger partial charge < -0.3 is 62.4 Å². The number of benzene rings is 5. The van der Waals surface area contributed by atoms with Crippen LogP contribution in [-0.4, -0.2) is 140 Å². The number of carbonyl (C=O) groups excluding carboxylic acids is 6. The van der Waals surface area contributed by atoms with Gasteiger partial charge in [0.1, 0.15) is 22.2 Å². The number of ether oxygens (including phenoxy) is 2. The van der Waals surface area contributed by atoms with E-state index in [-0.39, 0.29) is 132 Å². The Morgan fingerprint density at radius 2 is 0.900 bits per heavy atom. The monoisotopic (exact) mass is 1720 g/mol. The minimum atomic E-state index is -2.15. The average molecular weight is 1720 g/mol. The van der Waals surface area contributed by atoms with Gasteiger partial charge in [-0.25, -0.2) is 43.9 Å². The number of rotatable bonds is 21. The van der Waals surface area contributed by atoms with Crippen LogP contribution in [0.15, 0.2) is 202 Å². The van der Waals surface area contributed by atoms with Crippen LogP contribution < -0.4 is 16.7 Å². The van der Waals surface area contributed by atoms with Crippen molar-refractivity contribution in [3.8, 4) is 22.5 Å². The van der Waals surface area contributed by atoms with E-state index in [4.69, 9.17) is 48.8 Å². The van der Waals surface area contributed by atoms with Crippen LogP contribution in [0.4, 0.5) is 43.9 Å². The van der Waals surface area contributed by atoms with Gasteiger partial charge in [0.2, 0.25) is 5.78 Å². The molecule has 0 aliphatic heterocycles. The van der Waals surface area contributed by atoms with E-state index < -0.39 is 91.4 Å². The van der Waals surface area contributed by atoms with Gasteiger partial charge in [0.15, 0.2) is 93.4 Å². The summed E-state index contributed by atoms with van der Waals surface area (Å²) in [5, 5.41) is 5.24. The molecule has 0 saturated heterocycles. The predicted molar refractivity (Wildman–Crippen MR) is 428 cm³/mol. The second-order valence-corrected chi connectivity index (χ2v) is 29.0. The highest BCUT2D eigenvalue weighted by molar-refractivity contribution is 6.77. The Balaban J connectivity index is 0.000000158. The third-order valence-corrected chi connectivity index (χ3v) is 18.9. The molecule has 0 unspecified atom stereocenters. The lowest BCUT2D eigenvalue weighted by molar-refractivity contribution is -0.110. The molecule has 9 aromatic heterocycles. The second-order valence-electron chi connectivity index (χ2n) is 26.7. The molecular formula is C84H68Cl3F10N11O12. The first kappa shape index (κ1) is 89.1. The van der Waals surface area contributed by atoms with Crippen LogP contribution in [0.2, 0.25) is 0 Å². The summed E-state index contributed by atoms with van der Waals surface area (Å²) in [6.45, 7) is 0.197. The lowest BCUT2D eigenvalue weighted by Gasteiger charge is -2.21. The van der Waals surface area contributed by atoms with E-state index in [0.717, 1.165) is 30.3 Å². The Hall–Kier alpha value is -13.2. The number of alkyl halides is 3. The van der Waals surface area contributed by atoms with Crippen molar-refractivity contribution in [1.29, 1.82) is 0 Å². The van der Waals surface area contributed by atoms with Crippen molar-refractivity contribution < 1.29 is 86.7 Å². The fourth-order valence-corrected chi connectivity index (χ4v) is 12.4. The van der Waals surface area contributed by atoms with Crippen molar-refractivity contribution in [2.75, 3.05) is 41.9 Å². The number of fused-ring (bicyclic) bond motifs is 3. The maximum Gasteiger partial charge on any atom is 0.274 e. The van der Waals surface area contributed by atoms with Crippen LogP contribution >= 0.6 is 34.8 Å². The molecule has 0 aliphatic carbocycles. The fourth-order valence-electron chi connectivity index (χ4n) is 12.1. The molecule has 622 valence electrons. The number of amides is 1. The molecule has 0 bridgehead atoms. The van der Waals surface area contributed by atoms with Crippen LogP contribution in [0.5, 0.6) is 0 Å². The molecule has 9 heterocycles. The first-order valence-corrected chi connectivity index (χ1v) is 36.5. The van der Waals surface area contributed by atoms with Gasteiger partial charge in [-0.1, -0.05) is 101 Å². The van der Waals surface area contributed by atoms with Crippen LogP contribution in [0, 0.1) is 58.2 Å². The maximum atomic E-state index is 14.3. The number of hydrogen-bond acceptors (Lipinski definition) is 14. The molecule has 0 fully saturated rings. The van der Waals surface area contributed by atoms with E-state index in [1.165, 1.54) is 143 Å². The summed E-state index contributed by atoms with van der Waals surface area (Å²) in [6.07, 6.45) is 13.0. The van der Waals surface area contributed by atoms with Crippen LogP contribution in [0.25, 0.3) is 60.7 Å². The number of halogens is 13. The number of methoxy groups -OCH3 is 2. The Morgan fingerprint density at radius 3 is 1.39 bits per heavy atom. The van der Waals surface area contributed by atoms with Crippen molar-refractivity contribution in [1.82, 2.24) is 53.6 Å². The summed E-state index contributed by atoms with van der Waals surface area (Å²) in [5.74, 6) is -13.0. The molecule has 0 atom stereocenters. The second kappa shape index (κ2) is 38.5. The van der Waals surface area contributed by atoms with Gasteiger partial charge in [-0.15, -0.1) is 0 Å². The predicted octanol–water partition coefficient (Wildman–Crippen LogP) is 15.6. The SMILES string of the molecule is CN(C)/C=C(\C(=O)c1c[nH]c2c(=O)n(C)ccc12)c1cccc(F)c1F.COC(CN(C)C(=O)c1cc(C(=O)Cc2cccc(F)c2F)c[nH]1)OC.Cn1ccc2c(-c3oncc3-c3cccc(F)c3F)c[nH]c2c1=O.Cn1ccc2c(C(=O)Cc3cccc(F)c3F)c[nH]c2c1=O.O=C(Cc1cccc(F)c1F)c1c[nH]c(C(=O)C(Cl)(Cl)Cl)c1. The van der Waals surface area contributed by atoms with Gasteiger partial charge in [0.05, 0.1) is 24.0 Å². The van der Waals surface area contributed by atoms with Gasteiger partial charge in [-0.05, 0) is 77.4 Å². The average Bonchev–Trinajstić information content (AvgIpc) is 1.64. The quantitative estimate of drug-likeness (QED) is 0.0147. The van der Waals surface area contributed by atoms with Crippen molar-refractivity contribution in [2.45, 2.75) is 29.3 Å². The minimum Gasteiger partial charge on any atom is -0.383 e. The highest BCUT2D eigenvalue weighted by Gasteiger charge is 2.34. The van der Waals surface area contributed by atoms with E-state index >= 15 is 0 Å². The first-order chi connectivity index (χ1) is 56.9. The minimum absolute atomic E-state index is 0.00595. The molecule has 0 radical (unpaired) electrons. The summed E-state index contributed by atoms with van der Waals surface area (Å²) in [7, 11) is 12.7. The van der Waals surface area contributed by atoms with E-state index in [2.05, 4.69) is 30.1 Å². The Bertz CT molecular complexity index is 6470. The van der Waals surface area contributed by atoms with Crippen LogP contribution in [-0.2, 0) is 49.9 Å². The van der Waals surface area contributed by atoms with Gasteiger partial charge in [-0.2, -0.15) is 0 Å². The number of likely N-dealkylation sites (N-methyl/N-ethyl adjacent to an activating group) is 1. The van der Waals surface area contributed by atoms with Crippen molar-refractivity contribution in [2.24, 2.45) is 21.1 Å². The fraction of sp³-hybridized carbons (Fsp3) is 0.167. The van der Waals surface area contributed by atoms with Gasteiger partial charge in [0, 0.05) is 192 Å². The number of carbonyl (C=O) groups is 6. The zero-order valence-corrected chi connectivity index (χ0v) is 66.5. The lowest BCUT2D eigenvalue weighted by Crippen LogP contribution is -2.36. The van der Waals surface area contributed by atoms with Gasteiger partial charge >= 0.3 is 0 Å². The number of pyridine rings is 3. The zero-order valence-electron chi connectivity index (χ0n) is 64.2. The van der Waals surface area contributed by atoms with Crippen LogP contribution in [0.1, 0.15) is 84.7 Å².